The van der Waals surface area contributed by atoms with E-state index < -0.39 is 0 Å². The zero-order valence-electron chi connectivity index (χ0n) is 33.2. The van der Waals surface area contributed by atoms with Gasteiger partial charge in [-0.15, -0.1) is 0 Å². The normalized spacial score (nSPS) is 11.6. The van der Waals surface area contributed by atoms with E-state index in [9.17, 15) is 0 Å². The minimum absolute atomic E-state index is 0.892. The average Bonchev–Trinajstić information content (AvgIpc) is 3.87. The van der Waals surface area contributed by atoms with Gasteiger partial charge in [0.1, 0.15) is 11.2 Å². The van der Waals surface area contributed by atoms with Crippen molar-refractivity contribution in [2.45, 2.75) is 0 Å². The molecule has 0 amide bonds. The van der Waals surface area contributed by atoms with Crippen LogP contribution in [-0.4, -0.2) is 4.57 Å². The van der Waals surface area contributed by atoms with Crippen LogP contribution in [0.5, 0.6) is 0 Å². The van der Waals surface area contributed by atoms with E-state index in [1.165, 1.54) is 43.8 Å². The van der Waals surface area contributed by atoms with Gasteiger partial charge < -0.3 is 13.9 Å². The lowest BCUT2D eigenvalue weighted by molar-refractivity contribution is 0.669. The van der Waals surface area contributed by atoms with Crippen molar-refractivity contribution in [3.8, 4) is 39.1 Å². The Hall–Kier alpha value is -8.14. The van der Waals surface area contributed by atoms with Gasteiger partial charge in [-0.05, 0) is 105 Å². The van der Waals surface area contributed by atoms with Gasteiger partial charge in [-0.1, -0.05) is 164 Å². The van der Waals surface area contributed by atoms with E-state index in [4.69, 9.17) is 4.42 Å². The number of rotatable bonds is 7. The lowest BCUT2D eigenvalue weighted by atomic mass is 9.90. The van der Waals surface area contributed by atoms with Gasteiger partial charge in [-0.3, -0.25) is 0 Å². The fourth-order valence-electron chi connectivity index (χ4n) is 9.43. The molecule has 3 nitrogen and oxygen atoms in total. The van der Waals surface area contributed by atoms with Crippen LogP contribution in [0.1, 0.15) is 0 Å². The number of furan rings is 1. The van der Waals surface area contributed by atoms with E-state index in [0.29, 0.717) is 0 Å². The summed E-state index contributed by atoms with van der Waals surface area (Å²) in [5.41, 5.74) is 15.5. The van der Waals surface area contributed by atoms with Gasteiger partial charge >= 0.3 is 0 Å². The maximum atomic E-state index is 6.23. The number of benzene rings is 10. The molecule has 61 heavy (non-hydrogen) atoms. The third kappa shape index (κ3) is 5.82. The zero-order chi connectivity index (χ0) is 40.3. The second kappa shape index (κ2) is 14.3. The highest BCUT2D eigenvalue weighted by Crippen LogP contribution is 2.47. The van der Waals surface area contributed by atoms with E-state index in [0.717, 1.165) is 66.9 Å². The number of nitrogens with zero attached hydrogens (tertiary/aromatic N) is 2. The molecule has 3 heteroatoms. The lowest BCUT2D eigenvalue weighted by Crippen LogP contribution is -2.11. The molecule has 0 N–H and O–H groups in total. The van der Waals surface area contributed by atoms with Gasteiger partial charge in [0.25, 0.3) is 0 Å². The van der Waals surface area contributed by atoms with Crippen LogP contribution in [0.2, 0.25) is 0 Å². The topological polar surface area (TPSA) is 21.3 Å². The third-order valence-corrected chi connectivity index (χ3v) is 12.2. The standard InChI is InChI=1S/C58H38N2O/c1-3-16-39(17-4-1)46-27-14-18-40-19-15-28-51(58(40)46)48-25-8-10-29-53(48)59(44-23-13-20-41(36-44)42-32-35-57-52(37-42)50-26-9-12-31-56(50)61-57)45-33-34-49-47-24-7-11-30-54(47)60(55(49)38-45)43-21-5-2-6-22-43/h1-38H. The van der Waals surface area contributed by atoms with Crippen LogP contribution in [0.15, 0.2) is 235 Å². The molecule has 0 spiro atoms. The molecule has 0 aliphatic carbocycles. The SMILES string of the molecule is c1ccc(-c2cccc3cccc(-c4ccccc4N(c4cccc(-c5ccc6oc7ccccc7c6c5)c4)c4ccc5c6ccccc6n(-c6ccccc6)c5c4)c23)cc1. The Kier molecular flexibility index (Phi) is 8.17. The van der Waals surface area contributed by atoms with Gasteiger partial charge in [-0.2, -0.15) is 0 Å². The Balaban J connectivity index is 1.11. The molecule has 2 aromatic heterocycles. The molecule has 12 aromatic rings. The maximum absolute atomic E-state index is 6.23. The number of fused-ring (bicyclic) bond motifs is 7. The second-order valence-electron chi connectivity index (χ2n) is 15.7. The molecule has 0 aliphatic heterocycles. The summed E-state index contributed by atoms with van der Waals surface area (Å²) >= 11 is 0. The first-order valence-corrected chi connectivity index (χ1v) is 20.8. The third-order valence-electron chi connectivity index (χ3n) is 12.2. The summed E-state index contributed by atoms with van der Waals surface area (Å²) in [5, 5.41) is 7.12. The van der Waals surface area contributed by atoms with Crippen molar-refractivity contribution >= 4 is 71.6 Å². The summed E-state index contributed by atoms with van der Waals surface area (Å²) in [4.78, 5) is 2.45. The summed E-state index contributed by atoms with van der Waals surface area (Å²) in [6.45, 7) is 0. The molecule has 0 fully saturated rings. The Morgan fingerprint density at radius 3 is 1.84 bits per heavy atom. The highest BCUT2D eigenvalue weighted by Gasteiger charge is 2.22. The lowest BCUT2D eigenvalue weighted by Gasteiger charge is -2.29. The number of aromatic nitrogens is 1. The van der Waals surface area contributed by atoms with Crippen molar-refractivity contribution in [1.29, 1.82) is 0 Å². The first-order valence-electron chi connectivity index (χ1n) is 20.8. The Morgan fingerprint density at radius 1 is 0.344 bits per heavy atom. The molecule has 0 saturated heterocycles. The Morgan fingerprint density at radius 2 is 0.967 bits per heavy atom. The van der Waals surface area contributed by atoms with E-state index in [2.05, 4.69) is 228 Å². The van der Waals surface area contributed by atoms with Crippen molar-refractivity contribution in [3.63, 3.8) is 0 Å². The highest BCUT2D eigenvalue weighted by molar-refractivity contribution is 6.12. The van der Waals surface area contributed by atoms with Gasteiger partial charge in [0, 0.05) is 44.2 Å². The van der Waals surface area contributed by atoms with Crippen LogP contribution in [0.25, 0.3) is 93.6 Å². The van der Waals surface area contributed by atoms with E-state index in [-0.39, 0.29) is 0 Å². The fraction of sp³-hybridized carbons (Fsp3) is 0. The van der Waals surface area contributed by atoms with Crippen molar-refractivity contribution in [2.24, 2.45) is 0 Å². The number of anilines is 3. The van der Waals surface area contributed by atoms with E-state index >= 15 is 0 Å². The van der Waals surface area contributed by atoms with Gasteiger partial charge in [-0.25, -0.2) is 0 Å². The minimum Gasteiger partial charge on any atom is -0.456 e. The molecule has 0 radical (unpaired) electrons. The van der Waals surface area contributed by atoms with Crippen LogP contribution in [0.3, 0.4) is 0 Å². The second-order valence-corrected chi connectivity index (χ2v) is 15.7. The maximum Gasteiger partial charge on any atom is 0.135 e. The summed E-state index contributed by atoms with van der Waals surface area (Å²) in [6, 6.07) is 83.1. The molecule has 0 aliphatic rings. The largest absolute Gasteiger partial charge is 0.456 e. The number of para-hydroxylation sites is 4. The Bertz CT molecular complexity index is 3590. The molecular weight excluding hydrogens is 741 g/mol. The molecule has 10 aromatic carbocycles. The molecule has 2 heterocycles. The van der Waals surface area contributed by atoms with Crippen molar-refractivity contribution in [1.82, 2.24) is 4.57 Å². The predicted molar refractivity (Wildman–Crippen MR) is 257 cm³/mol. The smallest absolute Gasteiger partial charge is 0.135 e. The fourth-order valence-corrected chi connectivity index (χ4v) is 9.43. The molecule has 286 valence electrons. The molecule has 0 saturated carbocycles. The average molecular weight is 779 g/mol. The molecule has 0 bridgehead atoms. The minimum atomic E-state index is 0.892. The summed E-state index contributed by atoms with van der Waals surface area (Å²) in [7, 11) is 0. The molecular formula is C58H38N2O. The van der Waals surface area contributed by atoms with Crippen LogP contribution in [0.4, 0.5) is 17.1 Å². The number of hydrogen-bond acceptors (Lipinski definition) is 2. The molecule has 0 atom stereocenters. The zero-order valence-corrected chi connectivity index (χ0v) is 33.2. The number of hydrogen-bond donors (Lipinski definition) is 0. The van der Waals surface area contributed by atoms with Crippen molar-refractivity contribution in [2.75, 3.05) is 4.90 Å². The first kappa shape index (κ1) is 34.9. The monoisotopic (exact) mass is 778 g/mol. The summed E-state index contributed by atoms with van der Waals surface area (Å²) in [6.07, 6.45) is 0. The summed E-state index contributed by atoms with van der Waals surface area (Å²) in [5.74, 6) is 0. The van der Waals surface area contributed by atoms with Gasteiger partial charge in [0.2, 0.25) is 0 Å². The van der Waals surface area contributed by atoms with Crippen LogP contribution in [-0.2, 0) is 0 Å². The van der Waals surface area contributed by atoms with Crippen molar-refractivity contribution in [3.05, 3.63) is 231 Å². The Labute approximate surface area is 353 Å². The van der Waals surface area contributed by atoms with Crippen molar-refractivity contribution < 1.29 is 4.42 Å². The quantitative estimate of drug-likeness (QED) is 0.161. The first-order chi connectivity index (χ1) is 30.3. The van der Waals surface area contributed by atoms with E-state index in [1.54, 1.807) is 0 Å². The van der Waals surface area contributed by atoms with Crippen LogP contribution in [0, 0.1) is 0 Å². The molecule has 0 unspecified atom stereocenters. The van der Waals surface area contributed by atoms with Gasteiger partial charge in [0.05, 0.1) is 16.7 Å². The predicted octanol–water partition coefficient (Wildman–Crippen LogP) is 16.3. The van der Waals surface area contributed by atoms with E-state index in [1.807, 2.05) is 12.1 Å². The van der Waals surface area contributed by atoms with Crippen LogP contribution >= 0.6 is 0 Å². The highest BCUT2D eigenvalue weighted by atomic mass is 16.3. The van der Waals surface area contributed by atoms with Crippen LogP contribution < -0.4 is 4.90 Å². The van der Waals surface area contributed by atoms with Gasteiger partial charge in [0.15, 0.2) is 0 Å². The molecule has 12 rings (SSSR count). The summed E-state index contributed by atoms with van der Waals surface area (Å²) < 4.78 is 8.63.